The summed E-state index contributed by atoms with van der Waals surface area (Å²) in [4.78, 5) is 26.1. The van der Waals surface area contributed by atoms with E-state index < -0.39 is 0 Å². The number of esters is 1. The van der Waals surface area contributed by atoms with E-state index in [1.807, 2.05) is 20.8 Å². The number of thiophene rings is 1. The second-order valence-electron chi connectivity index (χ2n) is 8.03. The van der Waals surface area contributed by atoms with Gasteiger partial charge < -0.3 is 10.1 Å². The maximum absolute atomic E-state index is 12.5. The highest BCUT2D eigenvalue weighted by atomic mass is 32.1. The lowest BCUT2D eigenvalue weighted by molar-refractivity contribution is -0.119. The molecule has 0 unspecified atom stereocenters. The third-order valence-electron chi connectivity index (χ3n) is 5.27. The fourth-order valence-corrected chi connectivity index (χ4v) is 4.57. The van der Waals surface area contributed by atoms with Crippen LogP contribution >= 0.6 is 11.3 Å². The first-order valence-electron chi connectivity index (χ1n) is 9.31. The molecular formula is C20H31NO3S. The molecule has 1 aromatic heterocycles. The van der Waals surface area contributed by atoms with Gasteiger partial charge in [-0.2, -0.15) is 0 Å². The van der Waals surface area contributed by atoms with E-state index in [0.29, 0.717) is 23.1 Å². The molecule has 0 aliphatic heterocycles. The molecule has 5 heteroatoms. The van der Waals surface area contributed by atoms with Crippen LogP contribution in [0.1, 0.15) is 75.2 Å². The van der Waals surface area contributed by atoms with E-state index >= 15 is 0 Å². The summed E-state index contributed by atoms with van der Waals surface area (Å²) in [6.45, 7) is 12.9. The number of nitrogens with one attached hydrogen (secondary N) is 1. The van der Waals surface area contributed by atoms with Gasteiger partial charge in [-0.05, 0) is 49.5 Å². The van der Waals surface area contributed by atoms with Crippen molar-refractivity contribution in [3.63, 3.8) is 0 Å². The highest BCUT2D eigenvalue weighted by Gasteiger charge is 2.34. The topological polar surface area (TPSA) is 55.4 Å². The molecule has 2 rings (SSSR count). The van der Waals surface area contributed by atoms with Crippen LogP contribution in [-0.2, 0) is 22.4 Å². The molecule has 0 bridgehead atoms. The van der Waals surface area contributed by atoms with Crippen molar-refractivity contribution in [1.29, 1.82) is 0 Å². The molecule has 2 atom stereocenters. The number of ether oxygens (including phenoxy) is 1. The van der Waals surface area contributed by atoms with Gasteiger partial charge in [0.1, 0.15) is 5.00 Å². The van der Waals surface area contributed by atoms with Crippen LogP contribution in [0.15, 0.2) is 0 Å². The summed E-state index contributed by atoms with van der Waals surface area (Å²) in [6, 6.07) is 0. The van der Waals surface area contributed by atoms with Crippen molar-refractivity contribution in [2.75, 3.05) is 11.9 Å². The van der Waals surface area contributed by atoms with Crippen molar-refractivity contribution >= 4 is 28.2 Å². The van der Waals surface area contributed by atoms with E-state index in [2.05, 4.69) is 26.1 Å². The number of carbonyl (C=O) groups is 2. The van der Waals surface area contributed by atoms with Gasteiger partial charge in [0, 0.05) is 10.8 Å². The Bertz CT molecular complexity index is 642. The minimum absolute atomic E-state index is 0.0287. The quantitative estimate of drug-likeness (QED) is 0.742. The van der Waals surface area contributed by atoms with Crippen LogP contribution in [0.2, 0.25) is 0 Å². The molecule has 1 aliphatic rings. The first-order chi connectivity index (χ1) is 11.7. The van der Waals surface area contributed by atoms with Crippen LogP contribution in [0.5, 0.6) is 0 Å². The average Bonchev–Trinajstić information content (AvgIpc) is 2.90. The minimum Gasteiger partial charge on any atom is -0.462 e. The van der Waals surface area contributed by atoms with E-state index in [9.17, 15) is 9.59 Å². The summed E-state index contributed by atoms with van der Waals surface area (Å²) in [5.74, 6) is 0.177. The highest BCUT2D eigenvalue weighted by Crippen LogP contribution is 2.44. The molecule has 140 valence electrons. The number of anilines is 1. The Hall–Kier alpha value is -1.36. The number of amides is 1. The summed E-state index contributed by atoms with van der Waals surface area (Å²) in [5, 5.41) is 3.66. The summed E-state index contributed by atoms with van der Waals surface area (Å²) in [6.07, 6.45) is 3.69. The predicted molar refractivity (Wildman–Crippen MR) is 103 cm³/mol. The molecule has 0 aromatic carbocycles. The molecule has 1 amide bonds. The standard InChI is InChI=1S/C20H31NO3S/c1-7-12(3)17(22)21-18-16(19(23)24-8-2)14-10-9-13(20(4,5)6)11-15(14)25-18/h12-13H,7-11H2,1-6H3,(H,21,22)/t12-,13+/m1/s1. The highest BCUT2D eigenvalue weighted by molar-refractivity contribution is 7.17. The zero-order valence-corrected chi connectivity index (χ0v) is 17.1. The van der Waals surface area contributed by atoms with E-state index in [1.165, 1.54) is 4.88 Å². The van der Waals surface area contributed by atoms with Crippen LogP contribution in [0, 0.1) is 17.3 Å². The lowest BCUT2D eigenvalue weighted by Gasteiger charge is -2.33. The average molecular weight is 366 g/mol. The largest absolute Gasteiger partial charge is 0.462 e. The van der Waals surface area contributed by atoms with Gasteiger partial charge in [-0.1, -0.05) is 34.6 Å². The van der Waals surface area contributed by atoms with Crippen LogP contribution in [0.25, 0.3) is 0 Å². The van der Waals surface area contributed by atoms with Gasteiger partial charge in [-0.15, -0.1) is 11.3 Å². The van der Waals surface area contributed by atoms with Crippen molar-refractivity contribution in [1.82, 2.24) is 0 Å². The number of carbonyl (C=O) groups excluding carboxylic acids is 2. The van der Waals surface area contributed by atoms with Crippen molar-refractivity contribution in [2.45, 2.75) is 67.2 Å². The van der Waals surface area contributed by atoms with Crippen molar-refractivity contribution in [3.8, 4) is 0 Å². The van der Waals surface area contributed by atoms with Crippen LogP contribution < -0.4 is 5.32 Å². The fourth-order valence-electron chi connectivity index (χ4n) is 3.25. The van der Waals surface area contributed by atoms with Crippen molar-refractivity contribution in [2.24, 2.45) is 17.3 Å². The molecule has 25 heavy (non-hydrogen) atoms. The van der Waals surface area contributed by atoms with Gasteiger partial charge in [0.25, 0.3) is 0 Å². The van der Waals surface area contributed by atoms with E-state index in [1.54, 1.807) is 11.3 Å². The monoisotopic (exact) mass is 365 g/mol. The Morgan fingerprint density at radius 3 is 2.56 bits per heavy atom. The summed E-state index contributed by atoms with van der Waals surface area (Å²) in [7, 11) is 0. The van der Waals surface area contributed by atoms with Gasteiger partial charge >= 0.3 is 5.97 Å². The molecule has 1 heterocycles. The number of fused-ring (bicyclic) bond motifs is 1. The van der Waals surface area contributed by atoms with Gasteiger partial charge in [-0.3, -0.25) is 4.79 Å². The molecule has 0 radical (unpaired) electrons. The van der Waals surface area contributed by atoms with Crippen LogP contribution in [-0.4, -0.2) is 18.5 Å². The molecule has 0 saturated carbocycles. The number of hydrogen-bond acceptors (Lipinski definition) is 4. The maximum Gasteiger partial charge on any atom is 0.341 e. The molecule has 1 N–H and O–H groups in total. The summed E-state index contributed by atoms with van der Waals surface area (Å²) >= 11 is 1.56. The SMILES string of the molecule is CCOC(=O)c1c(NC(=O)[C@H](C)CC)sc2c1CC[C@H](C(C)(C)C)C2. The van der Waals surface area contributed by atoms with Crippen molar-refractivity contribution < 1.29 is 14.3 Å². The predicted octanol–water partition coefficient (Wildman–Crippen LogP) is 5.06. The summed E-state index contributed by atoms with van der Waals surface area (Å²) in [5.41, 5.74) is 1.92. The Morgan fingerprint density at radius 2 is 2.00 bits per heavy atom. The lowest BCUT2D eigenvalue weighted by Crippen LogP contribution is -2.26. The molecule has 0 saturated heterocycles. The Morgan fingerprint density at radius 1 is 1.32 bits per heavy atom. The second-order valence-corrected chi connectivity index (χ2v) is 9.14. The first kappa shape index (κ1) is 20.0. The van der Waals surface area contributed by atoms with E-state index in [0.717, 1.165) is 31.2 Å². The number of hydrogen-bond donors (Lipinski definition) is 1. The molecule has 1 aromatic rings. The molecular weight excluding hydrogens is 334 g/mol. The third-order valence-corrected chi connectivity index (χ3v) is 6.44. The molecule has 4 nitrogen and oxygen atoms in total. The normalized spacial score (nSPS) is 18.4. The third kappa shape index (κ3) is 4.43. The minimum atomic E-state index is -0.311. The smallest absolute Gasteiger partial charge is 0.341 e. The molecule has 1 aliphatic carbocycles. The van der Waals surface area contributed by atoms with Crippen LogP contribution in [0.3, 0.4) is 0 Å². The Labute approximate surface area is 155 Å². The van der Waals surface area contributed by atoms with Gasteiger partial charge in [0.2, 0.25) is 5.91 Å². The van der Waals surface area contributed by atoms with Crippen LogP contribution in [0.4, 0.5) is 5.00 Å². The molecule has 0 fully saturated rings. The Balaban J connectivity index is 2.37. The second kappa shape index (κ2) is 7.90. The van der Waals surface area contributed by atoms with Crippen molar-refractivity contribution in [3.05, 3.63) is 16.0 Å². The van der Waals surface area contributed by atoms with Gasteiger partial charge in [0.15, 0.2) is 0 Å². The maximum atomic E-state index is 12.5. The van der Waals surface area contributed by atoms with E-state index in [-0.39, 0.29) is 23.2 Å². The first-order valence-corrected chi connectivity index (χ1v) is 10.1. The number of rotatable bonds is 5. The molecule has 0 spiro atoms. The Kier molecular flexibility index (Phi) is 6.30. The van der Waals surface area contributed by atoms with Gasteiger partial charge in [0.05, 0.1) is 12.2 Å². The van der Waals surface area contributed by atoms with E-state index in [4.69, 9.17) is 4.74 Å². The van der Waals surface area contributed by atoms with Gasteiger partial charge in [-0.25, -0.2) is 4.79 Å². The zero-order chi connectivity index (χ0) is 18.8. The zero-order valence-electron chi connectivity index (χ0n) is 16.3. The summed E-state index contributed by atoms with van der Waals surface area (Å²) < 4.78 is 5.27. The lowest BCUT2D eigenvalue weighted by atomic mass is 9.72. The fraction of sp³-hybridized carbons (Fsp3) is 0.700.